The number of halogens is 1. The third kappa shape index (κ3) is 4.30. The minimum absolute atomic E-state index is 0.0234. The maximum atomic E-state index is 14.0. The molecule has 0 amide bonds. The zero-order valence-corrected chi connectivity index (χ0v) is 17.8. The molecular weight excluding hydrogens is 413 g/mol. The number of anilines is 2. The van der Waals surface area contributed by atoms with Crippen molar-refractivity contribution in [2.45, 2.75) is 26.0 Å². The Morgan fingerprint density at radius 1 is 1.10 bits per heavy atom. The summed E-state index contributed by atoms with van der Waals surface area (Å²) in [4.78, 5) is 9.17. The Balaban J connectivity index is 1.72. The number of nitrogens with one attached hydrogen (secondary N) is 1. The maximum absolute atomic E-state index is 14.0. The maximum Gasteiger partial charge on any atom is 0.230 e. The summed E-state index contributed by atoms with van der Waals surface area (Å²) in [6.07, 6.45) is 0.778. The lowest BCUT2D eigenvalue weighted by atomic mass is 10.1. The molecule has 2 heterocycles. The molecule has 3 aromatic rings. The van der Waals surface area contributed by atoms with Gasteiger partial charge in [-0.2, -0.15) is 27.3 Å². The number of hydrogen-bond donors (Lipinski definition) is 1. The molecule has 1 N–H and O–H groups in total. The second-order valence-electron chi connectivity index (χ2n) is 7.16. The van der Waals surface area contributed by atoms with Gasteiger partial charge in [0.2, 0.25) is 11.8 Å². The van der Waals surface area contributed by atoms with E-state index in [4.69, 9.17) is 10.00 Å². The minimum atomic E-state index is -0.609. The first kappa shape index (κ1) is 20.6. The molecule has 2 aromatic carbocycles. The average Bonchev–Trinajstić information content (AvgIpc) is 2.76. The van der Waals surface area contributed by atoms with Crippen LogP contribution in [0.5, 0.6) is 11.6 Å². The van der Waals surface area contributed by atoms with Crippen LogP contribution in [0.15, 0.2) is 30.3 Å². The third-order valence-electron chi connectivity index (χ3n) is 4.92. The van der Waals surface area contributed by atoms with E-state index in [0.717, 1.165) is 40.3 Å². The molecule has 31 heavy (non-hydrogen) atoms. The first-order chi connectivity index (χ1) is 15.0. The molecule has 154 valence electrons. The van der Waals surface area contributed by atoms with Crippen LogP contribution in [0.4, 0.5) is 16.0 Å². The molecule has 4 rings (SSSR count). The molecule has 6 nitrogen and oxygen atoms in total. The molecule has 0 fully saturated rings. The number of fused-ring (bicyclic) bond motifs is 1. The van der Waals surface area contributed by atoms with Gasteiger partial charge in [-0.3, -0.25) is 0 Å². The van der Waals surface area contributed by atoms with Gasteiger partial charge >= 0.3 is 0 Å². The van der Waals surface area contributed by atoms with E-state index in [2.05, 4.69) is 21.4 Å². The van der Waals surface area contributed by atoms with E-state index < -0.39 is 5.82 Å². The van der Waals surface area contributed by atoms with Crippen LogP contribution in [-0.2, 0) is 12.2 Å². The van der Waals surface area contributed by atoms with Crippen LogP contribution in [-0.4, -0.2) is 15.7 Å². The number of nitriles is 2. The molecule has 0 saturated carbocycles. The largest absolute Gasteiger partial charge is 0.438 e. The fourth-order valence-corrected chi connectivity index (χ4v) is 4.40. The summed E-state index contributed by atoms with van der Waals surface area (Å²) in [5, 5.41) is 21.1. The van der Waals surface area contributed by atoms with Gasteiger partial charge in [-0.15, -0.1) is 0 Å². The SMILES string of the molecule is Cc1cc(C#N)cc(C)c1Oc1nc(Nc2ccc(C#N)c(F)c2)nc2c1CSCC2. The summed E-state index contributed by atoms with van der Waals surface area (Å²) in [5.74, 6) is 2.49. The molecule has 1 aromatic heterocycles. The van der Waals surface area contributed by atoms with Gasteiger partial charge in [-0.25, -0.2) is 9.37 Å². The fourth-order valence-electron chi connectivity index (χ4n) is 3.43. The van der Waals surface area contributed by atoms with Gasteiger partial charge < -0.3 is 10.1 Å². The minimum Gasteiger partial charge on any atom is -0.438 e. The van der Waals surface area contributed by atoms with Crippen molar-refractivity contribution in [2.75, 3.05) is 11.1 Å². The summed E-state index contributed by atoms with van der Waals surface area (Å²) in [6.45, 7) is 3.79. The quantitative estimate of drug-likeness (QED) is 0.599. The van der Waals surface area contributed by atoms with Crippen molar-refractivity contribution in [1.82, 2.24) is 9.97 Å². The molecule has 0 aliphatic carbocycles. The topological polar surface area (TPSA) is 94.6 Å². The van der Waals surface area contributed by atoms with Gasteiger partial charge in [-0.05, 0) is 67.5 Å². The lowest BCUT2D eigenvalue weighted by Gasteiger charge is -2.20. The Bertz CT molecular complexity index is 1240. The molecule has 1 aliphatic rings. The molecule has 8 heteroatoms. The highest BCUT2D eigenvalue weighted by molar-refractivity contribution is 7.98. The molecule has 0 saturated heterocycles. The monoisotopic (exact) mass is 431 g/mol. The van der Waals surface area contributed by atoms with Crippen molar-refractivity contribution >= 4 is 23.4 Å². The number of aryl methyl sites for hydroxylation is 3. The number of rotatable bonds is 4. The zero-order chi connectivity index (χ0) is 22.0. The van der Waals surface area contributed by atoms with Gasteiger partial charge in [0, 0.05) is 17.0 Å². The highest BCUT2D eigenvalue weighted by atomic mass is 32.2. The molecule has 0 spiro atoms. The lowest BCUT2D eigenvalue weighted by molar-refractivity contribution is 0.449. The number of hydrogen-bond acceptors (Lipinski definition) is 7. The van der Waals surface area contributed by atoms with Gasteiger partial charge in [0.15, 0.2) is 0 Å². The summed E-state index contributed by atoms with van der Waals surface area (Å²) < 4.78 is 20.2. The molecule has 0 radical (unpaired) electrons. The van der Waals surface area contributed by atoms with Crippen LogP contribution < -0.4 is 10.1 Å². The number of thioether (sulfide) groups is 1. The predicted octanol–water partition coefficient (Wildman–Crippen LogP) is 5.30. The van der Waals surface area contributed by atoms with E-state index in [1.165, 1.54) is 12.1 Å². The summed E-state index contributed by atoms with van der Waals surface area (Å²) >= 11 is 1.79. The third-order valence-corrected chi connectivity index (χ3v) is 5.90. The first-order valence-corrected chi connectivity index (χ1v) is 10.8. The van der Waals surface area contributed by atoms with Crippen LogP contribution in [0.1, 0.15) is 33.5 Å². The number of ether oxygens (including phenoxy) is 1. The van der Waals surface area contributed by atoms with Crippen LogP contribution in [0, 0.1) is 42.3 Å². The molecule has 0 unspecified atom stereocenters. The van der Waals surface area contributed by atoms with E-state index in [1.54, 1.807) is 36.0 Å². The fraction of sp³-hybridized carbons (Fsp3) is 0.217. The smallest absolute Gasteiger partial charge is 0.230 e. The van der Waals surface area contributed by atoms with E-state index >= 15 is 0 Å². The Hall–Kier alpha value is -3.62. The molecule has 0 atom stereocenters. The molecule has 1 aliphatic heterocycles. The first-order valence-electron chi connectivity index (χ1n) is 9.62. The second kappa shape index (κ2) is 8.63. The van der Waals surface area contributed by atoms with Crippen molar-refractivity contribution in [3.05, 3.63) is 69.7 Å². The van der Waals surface area contributed by atoms with Crippen molar-refractivity contribution in [3.63, 3.8) is 0 Å². The van der Waals surface area contributed by atoms with Crippen LogP contribution in [0.2, 0.25) is 0 Å². The Kier molecular flexibility index (Phi) is 5.75. The van der Waals surface area contributed by atoms with E-state index in [9.17, 15) is 9.65 Å². The summed E-state index contributed by atoms with van der Waals surface area (Å²) in [7, 11) is 0. The number of aromatic nitrogens is 2. The normalized spacial score (nSPS) is 12.4. The zero-order valence-electron chi connectivity index (χ0n) is 17.0. The highest BCUT2D eigenvalue weighted by Crippen LogP contribution is 2.36. The summed E-state index contributed by atoms with van der Waals surface area (Å²) in [5.41, 5.74) is 4.52. The van der Waals surface area contributed by atoms with Crippen molar-refractivity contribution in [2.24, 2.45) is 0 Å². The van der Waals surface area contributed by atoms with Crippen molar-refractivity contribution in [3.8, 4) is 23.8 Å². The standard InChI is InChI=1S/C23H18FN5OS/c1-13-7-15(10-25)8-14(2)21(13)30-22-18-12-31-6-5-20(18)28-23(29-22)27-17-4-3-16(11-26)19(24)9-17/h3-4,7-9H,5-6,12H2,1-2H3,(H,27,28,29). The van der Waals surface area contributed by atoms with Gasteiger partial charge in [0.25, 0.3) is 0 Å². The van der Waals surface area contributed by atoms with E-state index in [1.807, 2.05) is 13.8 Å². The van der Waals surface area contributed by atoms with Crippen LogP contribution >= 0.6 is 11.8 Å². The van der Waals surface area contributed by atoms with Crippen molar-refractivity contribution < 1.29 is 9.13 Å². The highest BCUT2D eigenvalue weighted by Gasteiger charge is 2.21. The van der Waals surface area contributed by atoms with E-state index in [-0.39, 0.29) is 5.56 Å². The van der Waals surface area contributed by atoms with E-state index in [0.29, 0.717) is 28.8 Å². The van der Waals surface area contributed by atoms with Crippen molar-refractivity contribution in [1.29, 1.82) is 10.5 Å². The van der Waals surface area contributed by atoms with Gasteiger partial charge in [0.1, 0.15) is 17.6 Å². The van der Waals surface area contributed by atoms with Gasteiger partial charge in [0.05, 0.1) is 22.9 Å². The number of benzene rings is 2. The predicted molar refractivity (Wildman–Crippen MR) is 117 cm³/mol. The van der Waals surface area contributed by atoms with Gasteiger partial charge in [-0.1, -0.05) is 0 Å². The second-order valence-corrected chi connectivity index (χ2v) is 8.27. The van der Waals surface area contributed by atoms with Crippen LogP contribution in [0.25, 0.3) is 0 Å². The molecular formula is C23H18FN5OS. The lowest BCUT2D eigenvalue weighted by Crippen LogP contribution is -2.11. The van der Waals surface area contributed by atoms with Crippen LogP contribution in [0.3, 0.4) is 0 Å². The Labute approximate surface area is 183 Å². The summed E-state index contributed by atoms with van der Waals surface area (Å²) in [6, 6.07) is 11.8. The Morgan fingerprint density at radius 2 is 1.87 bits per heavy atom. The molecule has 0 bridgehead atoms. The average molecular weight is 431 g/mol. The Morgan fingerprint density at radius 3 is 2.55 bits per heavy atom. The number of nitrogens with zero attached hydrogens (tertiary/aromatic N) is 4.